The third kappa shape index (κ3) is 8.78. The fourth-order valence-electron chi connectivity index (χ4n) is 2.09. The molecule has 0 aliphatic rings. The van der Waals surface area contributed by atoms with Crippen LogP contribution in [0.2, 0.25) is 0 Å². The summed E-state index contributed by atoms with van der Waals surface area (Å²) in [6.07, 6.45) is 2.32. The van der Waals surface area contributed by atoms with Crippen LogP contribution in [0.5, 0.6) is 0 Å². The molecule has 23 heavy (non-hydrogen) atoms. The number of rotatable bonds is 8. The first-order valence-corrected chi connectivity index (χ1v) is 7.99. The van der Waals surface area contributed by atoms with Gasteiger partial charge in [0.05, 0.1) is 0 Å². The first-order valence-electron chi connectivity index (χ1n) is 7.99. The van der Waals surface area contributed by atoms with E-state index in [1.165, 1.54) is 0 Å². The first-order chi connectivity index (χ1) is 10.7. The predicted octanol–water partition coefficient (Wildman–Crippen LogP) is 2.64. The van der Waals surface area contributed by atoms with Gasteiger partial charge in [-0.1, -0.05) is 44.9 Å². The van der Waals surface area contributed by atoms with Crippen LogP contribution in [0.1, 0.15) is 37.0 Å². The molecule has 0 aliphatic heterocycles. The number of halogens is 1. The van der Waals surface area contributed by atoms with Gasteiger partial charge in [0.15, 0.2) is 5.96 Å². The fourth-order valence-corrected chi connectivity index (χ4v) is 2.09. The lowest BCUT2D eigenvalue weighted by Gasteiger charge is -2.16. The van der Waals surface area contributed by atoms with E-state index in [0.717, 1.165) is 25.3 Å². The molecule has 1 rings (SSSR count). The van der Waals surface area contributed by atoms with Crippen molar-refractivity contribution in [2.45, 2.75) is 26.7 Å². The van der Waals surface area contributed by atoms with Gasteiger partial charge in [-0.15, -0.1) is 24.0 Å². The van der Waals surface area contributed by atoms with Gasteiger partial charge in [0.2, 0.25) is 0 Å². The zero-order valence-electron chi connectivity index (χ0n) is 14.3. The Kier molecular flexibility index (Phi) is 12.4. The van der Waals surface area contributed by atoms with Crippen molar-refractivity contribution in [1.29, 1.82) is 0 Å². The molecule has 0 fully saturated rings. The number of guanidine groups is 1. The molecule has 0 heterocycles. The Morgan fingerprint density at radius 2 is 1.65 bits per heavy atom. The number of hydrogen-bond donors (Lipinski definition) is 3. The summed E-state index contributed by atoms with van der Waals surface area (Å²) < 4.78 is 0. The van der Waals surface area contributed by atoms with E-state index < -0.39 is 0 Å². The predicted molar refractivity (Wildman–Crippen MR) is 108 cm³/mol. The molecule has 1 aromatic rings. The molecule has 0 spiro atoms. The molecular weight excluding hydrogens is 403 g/mol. The number of nitrogens with zero attached hydrogens (tertiary/aromatic N) is 1. The van der Waals surface area contributed by atoms with Gasteiger partial charge in [-0.2, -0.15) is 0 Å². The van der Waals surface area contributed by atoms with E-state index in [0.29, 0.717) is 24.6 Å². The van der Waals surface area contributed by atoms with Gasteiger partial charge in [-0.25, -0.2) is 0 Å². The van der Waals surface area contributed by atoms with Gasteiger partial charge in [-0.3, -0.25) is 9.79 Å². The lowest BCUT2D eigenvalue weighted by Crippen LogP contribution is -2.43. The van der Waals surface area contributed by atoms with E-state index in [1.807, 2.05) is 18.2 Å². The fraction of sp³-hybridized carbons (Fsp3) is 0.529. The molecule has 0 radical (unpaired) electrons. The van der Waals surface area contributed by atoms with Crippen LogP contribution in [0.3, 0.4) is 0 Å². The summed E-state index contributed by atoms with van der Waals surface area (Å²) in [6, 6.07) is 9.22. The Hall–Kier alpha value is -1.31. The second-order valence-electron chi connectivity index (χ2n) is 5.18. The molecule has 6 heteroatoms. The number of nitrogens with one attached hydrogen (secondary N) is 3. The van der Waals surface area contributed by atoms with Crippen LogP contribution >= 0.6 is 24.0 Å². The third-order valence-corrected chi connectivity index (χ3v) is 3.68. The van der Waals surface area contributed by atoms with Crippen LogP contribution < -0.4 is 16.0 Å². The highest BCUT2D eigenvalue weighted by atomic mass is 127. The van der Waals surface area contributed by atoms with Gasteiger partial charge in [0.25, 0.3) is 5.91 Å². The smallest absolute Gasteiger partial charge is 0.251 e. The second kappa shape index (κ2) is 13.2. The van der Waals surface area contributed by atoms with E-state index >= 15 is 0 Å². The van der Waals surface area contributed by atoms with Gasteiger partial charge in [0.1, 0.15) is 0 Å². The summed E-state index contributed by atoms with van der Waals surface area (Å²) in [7, 11) is 1.75. The normalized spacial score (nSPS) is 10.9. The number of amides is 1. The Morgan fingerprint density at radius 3 is 2.22 bits per heavy atom. The number of aliphatic imine (C=N–C) groups is 1. The van der Waals surface area contributed by atoms with E-state index in [1.54, 1.807) is 19.2 Å². The van der Waals surface area contributed by atoms with Crippen LogP contribution in [0.4, 0.5) is 0 Å². The maximum atomic E-state index is 11.9. The molecular formula is C17H29IN4O. The summed E-state index contributed by atoms with van der Waals surface area (Å²) >= 11 is 0. The summed E-state index contributed by atoms with van der Waals surface area (Å²) in [6.45, 7) is 6.51. The highest BCUT2D eigenvalue weighted by Crippen LogP contribution is 2.04. The highest BCUT2D eigenvalue weighted by molar-refractivity contribution is 14.0. The van der Waals surface area contributed by atoms with Crippen molar-refractivity contribution in [3.63, 3.8) is 0 Å². The Balaban J connectivity index is 0.00000484. The third-order valence-electron chi connectivity index (χ3n) is 3.68. The summed E-state index contributed by atoms with van der Waals surface area (Å²) in [5.41, 5.74) is 0.679. The van der Waals surface area contributed by atoms with Crippen LogP contribution in [0.15, 0.2) is 35.3 Å². The Labute approximate surface area is 156 Å². The molecule has 0 atom stereocenters. The van der Waals surface area contributed by atoms with Crippen molar-refractivity contribution in [1.82, 2.24) is 16.0 Å². The lowest BCUT2D eigenvalue weighted by atomic mass is 10.0. The van der Waals surface area contributed by atoms with E-state index in [4.69, 9.17) is 0 Å². The average Bonchev–Trinajstić information content (AvgIpc) is 2.58. The zero-order chi connectivity index (χ0) is 16.2. The van der Waals surface area contributed by atoms with Crippen molar-refractivity contribution in [2.75, 3.05) is 26.7 Å². The number of carbonyl (C=O) groups is 1. The zero-order valence-corrected chi connectivity index (χ0v) is 16.6. The van der Waals surface area contributed by atoms with Gasteiger partial charge >= 0.3 is 0 Å². The van der Waals surface area contributed by atoms with Crippen molar-refractivity contribution >= 4 is 35.8 Å². The molecule has 0 unspecified atom stereocenters. The Morgan fingerprint density at radius 1 is 1.04 bits per heavy atom. The SMILES string of the molecule is CCC(CC)CNC(=NC)NCCNC(=O)c1ccccc1.I. The molecule has 0 saturated heterocycles. The van der Waals surface area contributed by atoms with Crippen molar-refractivity contribution in [3.05, 3.63) is 35.9 Å². The molecule has 0 bridgehead atoms. The topological polar surface area (TPSA) is 65.5 Å². The van der Waals surface area contributed by atoms with Crippen LogP contribution in [0, 0.1) is 5.92 Å². The number of carbonyl (C=O) groups excluding carboxylic acids is 1. The summed E-state index contributed by atoms with van der Waals surface area (Å²) in [5.74, 6) is 1.39. The van der Waals surface area contributed by atoms with Crippen LogP contribution in [-0.4, -0.2) is 38.5 Å². The van der Waals surface area contributed by atoms with Crippen molar-refractivity contribution < 1.29 is 4.79 Å². The second-order valence-corrected chi connectivity index (χ2v) is 5.18. The maximum absolute atomic E-state index is 11.9. The van der Waals surface area contributed by atoms with E-state index in [9.17, 15) is 4.79 Å². The van der Waals surface area contributed by atoms with Crippen molar-refractivity contribution in [2.24, 2.45) is 10.9 Å². The van der Waals surface area contributed by atoms with Gasteiger partial charge in [-0.05, 0) is 18.1 Å². The summed E-state index contributed by atoms with van der Waals surface area (Å²) in [5, 5.41) is 9.40. The van der Waals surface area contributed by atoms with E-state index in [2.05, 4.69) is 34.8 Å². The highest BCUT2D eigenvalue weighted by Gasteiger charge is 2.05. The minimum Gasteiger partial charge on any atom is -0.356 e. The minimum atomic E-state index is -0.0534. The molecule has 5 nitrogen and oxygen atoms in total. The molecule has 0 saturated carbocycles. The molecule has 1 aromatic carbocycles. The van der Waals surface area contributed by atoms with Crippen molar-refractivity contribution in [3.8, 4) is 0 Å². The monoisotopic (exact) mass is 432 g/mol. The van der Waals surface area contributed by atoms with E-state index in [-0.39, 0.29) is 29.9 Å². The van der Waals surface area contributed by atoms with Crippen LogP contribution in [0.25, 0.3) is 0 Å². The first kappa shape index (κ1) is 21.7. The number of benzene rings is 1. The minimum absolute atomic E-state index is 0. The van der Waals surface area contributed by atoms with Gasteiger partial charge < -0.3 is 16.0 Å². The maximum Gasteiger partial charge on any atom is 0.251 e. The molecule has 0 aliphatic carbocycles. The quantitative estimate of drug-likeness (QED) is 0.256. The largest absolute Gasteiger partial charge is 0.356 e. The Bertz CT molecular complexity index is 461. The van der Waals surface area contributed by atoms with Gasteiger partial charge in [0, 0.05) is 32.2 Å². The molecule has 1 amide bonds. The lowest BCUT2D eigenvalue weighted by molar-refractivity contribution is 0.0954. The average molecular weight is 432 g/mol. The molecule has 0 aromatic heterocycles. The summed E-state index contributed by atoms with van der Waals surface area (Å²) in [4.78, 5) is 16.1. The van der Waals surface area contributed by atoms with Crippen LogP contribution in [-0.2, 0) is 0 Å². The standard InChI is InChI=1S/C17H28N4O.HI/c1-4-14(5-2)13-21-17(18-3)20-12-11-19-16(22)15-9-7-6-8-10-15;/h6-10,14H,4-5,11-13H2,1-3H3,(H,19,22)(H2,18,20,21);1H. The molecule has 3 N–H and O–H groups in total. The number of hydrogen-bond acceptors (Lipinski definition) is 2. The molecule has 130 valence electrons.